The van der Waals surface area contributed by atoms with Crippen LogP contribution in [-0.2, 0) is 9.53 Å². The highest BCUT2D eigenvalue weighted by Crippen LogP contribution is 2.25. The van der Waals surface area contributed by atoms with E-state index >= 15 is 0 Å². The number of hydrogen-bond acceptors (Lipinski definition) is 5. The summed E-state index contributed by atoms with van der Waals surface area (Å²) >= 11 is 1.37. The second kappa shape index (κ2) is 6.58. The van der Waals surface area contributed by atoms with Gasteiger partial charge in [-0.1, -0.05) is 41.2 Å². The van der Waals surface area contributed by atoms with Crippen molar-refractivity contribution in [1.82, 2.24) is 4.98 Å². The fraction of sp³-hybridized carbons (Fsp3) is 0.118. The molecule has 0 fully saturated rings. The minimum atomic E-state index is -0.524. The first kappa shape index (κ1) is 15.2. The van der Waals surface area contributed by atoms with Crippen molar-refractivity contribution in [3.05, 3.63) is 59.7 Å². The summed E-state index contributed by atoms with van der Waals surface area (Å²) in [5.74, 6) is -0.936. The molecule has 0 radical (unpaired) electrons. The highest BCUT2D eigenvalue weighted by atomic mass is 32.1. The van der Waals surface area contributed by atoms with Crippen LogP contribution in [0.1, 0.15) is 15.9 Å². The number of carbonyl (C=O) groups excluding carboxylic acids is 2. The van der Waals surface area contributed by atoms with Crippen molar-refractivity contribution < 1.29 is 14.3 Å². The highest BCUT2D eigenvalue weighted by Gasteiger charge is 2.12. The van der Waals surface area contributed by atoms with Crippen LogP contribution in [-0.4, -0.2) is 23.5 Å². The lowest BCUT2D eigenvalue weighted by atomic mass is 10.1. The molecule has 0 saturated carbocycles. The van der Waals surface area contributed by atoms with Crippen molar-refractivity contribution in [2.24, 2.45) is 0 Å². The molecule has 3 aromatic rings. The third kappa shape index (κ3) is 3.73. The fourth-order valence-corrected chi connectivity index (χ4v) is 2.87. The molecule has 5 nitrogen and oxygen atoms in total. The zero-order chi connectivity index (χ0) is 16.2. The Labute approximate surface area is 136 Å². The van der Waals surface area contributed by atoms with Crippen LogP contribution >= 0.6 is 11.3 Å². The fourth-order valence-electron chi connectivity index (χ4n) is 1.99. The van der Waals surface area contributed by atoms with Gasteiger partial charge in [0.05, 0.1) is 15.8 Å². The van der Waals surface area contributed by atoms with Crippen molar-refractivity contribution >= 4 is 38.6 Å². The number of amides is 1. The van der Waals surface area contributed by atoms with Gasteiger partial charge in [-0.15, -0.1) is 0 Å². The van der Waals surface area contributed by atoms with E-state index in [2.05, 4.69) is 10.3 Å². The predicted molar refractivity (Wildman–Crippen MR) is 89.7 cm³/mol. The standard InChI is InChI=1S/C17H14N2O3S/c1-11-6-8-12(9-7-11)16(21)22-10-15(20)19-17-18-13-4-2-3-5-14(13)23-17/h2-9H,10H2,1H3,(H,18,19,20). The maximum Gasteiger partial charge on any atom is 0.338 e. The van der Waals surface area contributed by atoms with Crippen LogP contribution < -0.4 is 5.32 Å². The van der Waals surface area contributed by atoms with E-state index in [0.29, 0.717) is 10.7 Å². The van der Waals surface area contributed by atoms with Crippen molar-refractivity contribution in [3.8, 4) is 0 Å². The van der Waals surface area contributed by atoms with E-state index in [0.717, 1.165) is 15.8 Å². The Morgan fingerprint density at radius 2 is 1.87 bits per heavy atom. The minimum absolute atomic E-state index is 0.345. The first-order valence-electron chi connectivity index (χ1n) is 7.01. The quantitative estimate of drug-likeness (QED) is 0.746. The van der Waals surface area contributed by atoms with Gasteiger partial charge in [0.2, 0.25) is 0 Å². The smallest absolute Gasteiger partial charge is 0.338 e. The Bertz CT molecular complexity index is 823. The number of thiazole rings is 1. The zero-order valence-electron chi connectivity index (χ0n) is 12.4. The summed E-state index contributed by atoms with van der Waals surface area (Å²) in [7, 11) is 0. The second-order valence-corrected chi connectivity index (χ2v) is 6.01. The predicted octanol–water partition coefficient (Wildman–Crippen LogP) is 3.40. The molecule has 1 heterocycles. The summed E-state index contributed by atoms with van der Waals surface area (Å²) in [5, 5.41) is 3.13. The number of aryl methyl sites for hydroxylation is 1. The van der Waals surface area contributed by atoms with E-state index in [1.54, 1.807) is 12.1 Å². The van der Waals surface area contributed by atoms with Crippen LogP contribution in [0.5, 0.6) is 0 Å². The van der Waals surface area contributed by atoms with Gasteiger partial charge in [-0.3, -0.25) is 10.1 Å². The van der Waals surface area contributed by atoms with E-state index in [1.165, 1.54) is 11.3 Å². The van der Waals surface area contributed by atoms with Gasteiger partial charge in [0.25, 0.3) is 5.91 Å². The molecule has 23 heavy (non-hydrogen) atoms. The van der Waals surface area contributed by atoms with E-state index in [1.807, 2.05) is 43.3 Å². The Morgan fingerprint density at radius 3 is 2.61 bits per heavy atom. The average molecular weight is 326 g/mol. The van der Waals surface area contributed by atoms with E-state index in [-0.39, 0.29) is 6.61 Å². The van der Waals surface area contributed by atoms with Gasteiger partial charge < -0.3 is 4.74 Å². The number of anilines is 1. The summed E-state index contributed by atoms with van der Waals surface area (Å²) in [6.45, 7) is 1.59. The number of carbonyl (C=O) groups is 2. The Kier molecular flexibility index (Phi) is 4.34. The number of nitrogens with zero attached hydrogens (tertiary/aromatic N) is 1. The van der Waals surface area contributed by atoms with Gasteiger partial charge in [0, 0.05) is 0 Å². The lowest BCUT2D eigenvalue weighted by molar-refractivity contribution is -0.119. The number of fused-ring (bicyclic) bond motifs is 1. The third-order valence-corrected chi connectivity index (χ3v) is 4.11. The number of aromatic nitrogens is 1. The number of benzene rings is 2. The number of rotatable bonds is 4. The number of ether oxygens (including phenoxy) is 1. The van der Waals surface area contributed by atoms with Crippen LogP contribution in [0.3, 0.4) is 0 Å². The van der Waals surface area contributed by atoms with Gasteiger partial charge in [-0.25, -0.2) is 9.78 Å². The van der Waals surface area contributed by atoms with E-state index in [4.69, 9.17) is 4.74 Å². The molecule has 3 rings (SSSR count). The number of para-hydroxylation sites is 1. The van der Waals surface area contributed by atoms with Gasteiger partial charge >= 0.3 is 5.97 Å². The largest absolute Gasteiger partial charge is 0.452 e. The maximum atomic E-state index is 11.9. The summed E-state index contributed by atoms with van der Waals surface area (Å²) in [6.07, 6.45) is 0. The number of nitrogens with one attached hydrogen (secondary N) is 1. The molecule has 0 bridgehead atoms. The lowest BCUT2D eigenvalue weighted by Crippen LogP contribution is -2.20. The van der Waals surface area contributed by atoms with Gasteiger partial charge in [0.15, 0.2) is 11.7 Å². The minimum Gasteiger partial charge on any atom is -0.452 e. The van der Waals surface area contributed by atoms with Gasteiger partial charge in [-0.2, -0.15) is 0 Å². The lowest BCUT2D eigenvalue weighted by Gasteiger charge is -2.04. The summed E-state index contributed by atoms with van der Waals surface area (Å²) in [5.41, 5.74) is 2.29. The van der Waals surface area contributed by atoms with Crippen molar-refractivity contribution in [2.75, 3.05) is 11.9 Å². The van der Waals surface area contributed by atoms with Crippen LogP contribution in [0.25, 0.3) is 10.2 Å². The molecule has 0 aliphatic carbocycles. The molecule has 1 aromatic heterocycles. The van der Waals surface area contributed by atoms with Crippen molar-refractivity contribution in [1.29, 1.82) is 0 Å². The monoisotopic (exact) mass is 326 g/mol. The summed E-state index contributed by atoms with van der Waals surface area (Å²) in [6, 6.07) is 14.6. The molecule has 0 spiro atoms. The maximum absolute atomic E-state index is 11.9. The molecule has 0 aliphatic heterocycles. The number of esters is 1. The average Bonchev–Trinajstić information content (AvgIpc) is 2.95. The van der Waals surface area contributed by atoms with Crippen LogP contribution in [0.4, 0.5) is 5.13 Å². The normalized spacial score (nSPS) is 10.5. The highest BCUT2D eigenvalue weighted by molar-refractivity contribution is 7.22. The molecule has 1 amide bonds. The van der Waals surface area contributed by atoms with Crippen LogP contribution in [0.15, 0.2) is 48.5 Å². The molecule has 0 aliphatic rings. The second-order valence-electron chi connectivity index (χ2n) is 4.98. The Morgan fingerprint density at radius 1 is 1.13 bits per heavy atom. The molecular formula is C17H14N2O3S. The van der Waals surface area contributed by atoms with Crippen LogP contribution in [0, 0.1) is 6.92 Å². The Hall–Kier alpha value is -2.73. The molecule has 1 N–H and O–H groups in total. The molecule has 0 atom stereocenters. The molecule has 0 saturated heterocycles. The molecule has 116 valence electrons. The molecule has 0 unspecified atom stereocenters. The molecular weight excluding hydrogens is 312 g/mol. The molecule has 6 heteroatoms. The summed E-state index contributed by atoms with van der Waals surface area (Å²) < 4.78 is 5.99. The third-order valence-electron chi connectivity index (χ3n) is 3.16. The van der Waals surface area contributed by atoms with E-state index in [9.17, 15) is 9.59 Å². The SMILES string of the molecule is Cc1ccc(C(=O)OCC(=O)Nc2nc3ccccc3s2)cc1. The first-order chi connectivity index (χ1) is 11.1. The topological polar surface area (TPSA) is 68.3 Å². The van der Waals surface area contributed by atoms with Crippen molar-refractivity contribution in [3.63, 3.8) is 0 Å². The van der Waals surface area contributed by atoms with Crippen LogP contribution in [0.2, 0.25) is 0 Å². The molecule has 2 aromatic carbocycles. The van der Waals surface area contributed by atoms with Gasteiger partial charge in [0.1, 0.15) is 0 Å². The zero-order valence-corrected chi connectivity index (χ0v) is 13.2. The Balaban J connectivity index is 1.56. The van der Waals surface area contributed by atoms with Crippen molar-refractivity contribution in [2.45, 2.75) is 6.92 Å². The van der Waals surface area contributed by atoms with E-state index < -0.39 is 11.9 Å². The van der Waals surface area contributed by atoms with Gasteiger partial charge in [-0.05, 0) is 31.2 Å². The first-order valence-corrected chi connectivity index (χ1v) is 7.83. The number of hydrogen-bond donors (Lipinski definition) is 1. The summed E-state index contributed by atoms with van der Waals surface area (Å²) in [4.78, 5) is 28.0.